The molecule has 2 amide bonds. The molecule has 4 rings (SSSR count). The molecule has 0 radical (unpaired) electrons. The maximum absolute atomic E-state index is 12.5. The van der Waals surface area contributed by atoms with Gasteiger partial charge in [0.25, 0.3) is 0 Å². The number of fused-ring (bicyclic) bond motifs is 1. The van der Waals surface area contributed by atoms with Gasteiger partial charge in [0.2, 0.25) is 0 Å². The number of pyridine rings is 1. The molecule has 138 valence electrons. The first-order valence-electron chi connectivity index (χ1n) is 8.96. The number of halogens is 1. The van der Waals surface area contributed by atoms with Gasteiger partial charge in [-0.25, -0.2) is 4.79 Å². The number of amides is 2. The molecular weight excluding hydrogens is 362 g/mol. The number of carbonyl (C=O) groups is 1. The van der Waals surface area contributed by atoms with E-state index in [1.54, 1.807) is 23.4 Å². The fourth-order valence-electron chi connectivity index (χ4n) is 3.38. The van der Waals surface area contributed by atoms with E-state index in [0.29, 0.717) is 30.4 Å². The predicted octanol–water partition coefficient (Wildman–Crippen LogP) is 4.25. The van der Waals surface area contributed by atoms with Gasteiger partial charge in [-0.05, 0) is 16.3 Å². The SMILES string of the molecule is O=C(NCc1cccc2ccccc12)N1CC[C@@H](Oc2ccncc2Cl)C1. The summed E-state index contributed by atoms with van der Waals surface area (Å²) in [5.74, 6) is 0.606. The number of hydrogen-bond donors (Lipinski definition) is 1. The minimum absolute atomic E-state index is 0.0618. The highest BCUT2D eigenvalue weighted by Crippen LogP contribution is 2.25. The quantitative estimate of drug-likeness (QED) is 0.735. The van der Waals surface area contributed by atoms with Gasteiger partial charge in [-0.1, -0.05) is 54.1 Å². The maximum Gasteiger partial charge on any atom is 0.317 e. The Morgan fingerprint density at radius 2 is 2.07 bits per heavy atom. The van der Waals surface area contributed by atoms with Crippen molar-refractivity contribution in [2.45, 2.75) is 19.1 Å². The van der Waals surface area contributed by atoms with Crippen LogP contribution >= 0.6 is 11.6 Å². The predicted molar refractivity (Wildman–Crippen MR) is 106 cm³/mol. The highest BCUT2D eigenvalue weighted by atomic mass is 35.5. The molecule has 3 aromatic rings. The number of carbonyl (C=O) groups excluding carboxylic acids is 1. The Balaban J connectivity index is 1.35. The number of hydrogen-bond acceptors (Lipinski definition) is 3. The molecule has 27 heavy (non-hydrogen) atoms. The zero-order valence-electron chi connectivity index (χ0n) is 14.8. The van der Waals surface area contributed by atoms with Crippen molar-refractivity contribution in [3.63, 3.8) is 0 Å². The zero-order valence-corrected chi connectivity index (χ0v) is 15.5. The van der Waals surface area contributed by atoms with Crippen LogP contribution < -0.4 is 10.1 Å². The third-order valence-corrected chi connectivity index (χ3v) is 5.05. The molecular formula is C21H20ClN3O2. The Labute approximate surface area is 162 Å². The average molecular weight is 382 g/mol. The second-order valence-corrected chi connectivity index (χ2v) is 6.98. The van der Waals surface area contributed by atoms with Crippen molar-refractivity contribution >= 4 is 28.4 Å². The smallest absolute Gasteiger partial charge is 0.317 e. The summed E-state index contributed by atoms with van der Waals surface area (Å²) in [6, 6.07) is 16.0. The topological polar surface area (TPSA) is 54.5 Å². The lowest BCUT2D eigenvalue weighted by atomic mass is 10.0. The lowest BCUT2D eigenvalue weighted by molar-refractivity contribution is 0.186. The van der Waals surface area contributed by atoms with Crippen molar-refractivity contribution in [2.24, 2.45) is 0 Å². The standard InChI is InChI=1S/C21H20ClN3O2/c22-19-13-23-10-8-20(19)27-17-9-11-25(14-17)21(26)24-12-16-6-3-5-15-4-1-2-7-18(15)16/h1-8,10,13,17H,9,11-12,14H2,(H,24,26)/t17-/m1/s1. The highest BCUT2D eigenvalue weighted by molar-refractivity contribution is 6.31. The summed E-state index contributed by atoms with van der Waals surface area (Å²) in [7, 11) is 0. The number of aromatic nitrogens is 1. The van der Waals surface area contributed by atoms with Crippen molar-refractivity contribution in [3.8, 4) is 5.75 Å². The third-order valence-electron chi connectivity index (χ3n) is 4.77. The van der Waals surface area contributed by atoms with E-state index >= 15 is 0 Å². The van der Waals surface area contributed by atoms with Crippen LogP contribution in [0.1, 0.15) is 12.0 Å². The monoisotopic (exact) mass is 381 g/mol. The minimum Gasteiger partial charge on any atom is -0.487 e. The number of nitrogens with one attached hydrogen (secondary N) is 1. The second-order valence-electron chi connectivity index (χ2n) is 6.58. The third kappa shape index (κ3) is 3.98. The van der Waals surface area contributed by atoms with Crippen LogP contribution in [0.5, 0.6) is 5.75 Å². The van der Waals surface area contributed by atoms with Crippen molar-refractivity contribution in [1.82, 2.24) is 15.2 Å². The van der Waals surface area contributed by atoms with Crippen LogP contribution in [0.15, 0.2) is 60.9 Å². The van der Waals surface area contributed by atoms with Crippen molar-refractivity contribution in [3.05, 3.63) is 71.5 Å². The molecule has 1 aliphatic rings. The Kier molecular flexibility index (Phi) is 5.12. The van der Waals surface area contributed by atoms with Crippen molar-refractivity contribution in [1.29, 1.82) is 0 Å². The number of urea groups is 1. The summed E-state index contributed by atoms with van der Waals surface area (Å²) in [6.07, 6.45) is 3.92. The first-order chi connectivity index (χ1) is 13.2. The lowest BCUT2D eigenvalue weighted by Gasteiger charge is -2.18. The molecule has 2 heterocycles. The normalized spacial score (nSPS) is 16.5. The summed E-state index contributed by atoms with van der Waals surface area (Å²) in [4.78, 5) is 18.3. The van der Waals surface area contributed by atoms with Gasteiger partial charge in [-0.3, -0.25) is 4.98 Å². The minimum atomic E-state index is -0.0742. The van der Waals surface area contributed by atoms with Crippen LogP contribution in [0.4, 0.5) is 4.79 Å². The van der Waals surface area contributed by atoms with E-state index in [0.717, 1.165) is 17.4 Å². The van der Waals surface area contributed by atoms with Crippen molar-refractivity contribution < 1.29 is 9.53 Å². The fourth-order valence-corrected chi connectivity index (χ4v) is 3.54. The van der Waals surface area contributed by atoms with E-state index in [4.69, 9.17) is 16.3 Å². The fraction of sp³-hybridized carbons (Fsp3) is 0.238. The van der Waals surface area contributed by atoms with Crippen LogP contribution in [0.2, 0.25) is 5.02 Å². The molecule has 1 aliphatic heterocycles. The van der Waals surface area contributed by atoms with Gasteiger partial charge in [0.05, 0.1) is 6.54 Å². The summed E-state index contributed by atoms with van der Waals surface area (Å²) in [5.41, 5.74) is 1.11. The zero-order chi connectivity index (χ0) is 18.6. The van der Waals surface area contributed by atoms with Crippen LogP contribution in [0.25, 0.3) is 10.8 Å². The molecule has 1 fully saturated rings. The van der Waals surface area contributed by atoms with E-state index in [-0.39, 0.29) is 12.1 Å². The van der Waals surface area contributed by atoms with Crippen LogP contribution in [-0.4, -0.2) is 35.1 Å². The largest absolute Gasteiger partial charge is 0.487 e. The van der Waals surface area contributed by atoms with Gasteiger partial charge in [-0.2, -0.15) is 0 Å². The van der Waals surface area contributed by atoms with E-state index in [1.165, 1.54) is 5.39 Å². The Morgan fingerprint density at radius 3 is 2.96 bits per heavy atom. The molecule has 0 unspecified atom stereocenters. The molecule has 1 aromatic heterocycles. The molecule has 0 saturated carbocycles. The molecule has 0 spiro atoms. The van der Waals surface area contributed by atoms with E-state index in [2.05, 4.69) is 28.5 Å². The molecule has 5 nitrogen and oxygen atoms in total. The van der Waals surface area contributed by atoms with Gasteiger partial charge in [0.1, 0.15) is 16.9 Å². The van der Waals surface area contributed by atoms with Gasteiger partial charge in [0, 0.05) is 38.0 Å². The summed E-state index contributed by atoms with van der Waals surface area (Å²) >= 11 is 6.09. The molecule has 0 bridgehead atoms. The van der Waals surface area contributed by atoms with E-state index in [1.807, 2.05) is 24.3 Å². The van der Waals surface area contributed by atoms with Gasteiger partial charge < -0.3 is 15.0 Å². The number of rotatable bonds is 4. The van der Waals surface area contributed by atoms with Crippen molar-refractivity contribution in [2.75, 3.05) is 13.1 Å². The maximum atomic E-state index is 12.5. The Bertz CT molecular complexity index is 958. The molecule has 1 atom stereocenters. The van der Waals surface area contributed by atoms with Crippen LogP contribution in [-0.2, 0) is 6.54 Å². The van der Waals surface area contributed by atoms with Crippen LogP contribution in [0, 0.1) is 0 Å². The Morgan fingerprint density at radius 1 is 1.22 bits per heavy atom. The van der Waals surface area contributed by atoms with Gasteiger partial charge >= 0.3 is 6.03 Å². The van der Waals surface area contributed by atoms with E-state index in [9.17, 15) is 4.79 Å². The lowest BCUT2D eigenvalue weighted by Crippen LogP contribution is -2.39. The average Bonchev–Trinajstić information content (AvgIpc) is 3.16. The highest BCUT2D eigenvalue weighted by Gasteiger charge is 2.28. The molecule has 1 saturated heterocycles. The number of nitrogens with zero attached hydrogens (tertiary/aromatic N) is 2. The summed E-state index contributed by atoms with van der Waals surface area (Å²) < 4.78 is 5.91. The molecule has 2 aromatic carbocycles. The van der Waals surface area contributed by atoms with Crippen LogP contribution in [0.3, 0.4) is 0 Å². The van der Waals surface area contributed by atoms with E-state index < -0.39 is 0 Å². The molecule has 1 N–H and O–H groups in total. The number of ether oxygens (including phenoxy) is 1. The van der Waals surface area contributed by atoms with Gasteiger partial charge in [0.15, 0.2) is 0 Å². The number of benzene rings is 2. The second kappa shape index (κ2) is 7.84. The first-order valence-corrected chi connectivity index (χ1v) is 9.34. The number of likely N-dealkylation sites (tertiary alicyclic amines) is 1. The van der Waals surface area contributed by atoms with Gasteiger partial charge in [-0.15, -0.1) is 0 Å². The molecule has 6 heteroatoms. The molecule has 0 aliphatic carbocycles. The first kappa shape index (κ1) is 17.6. The summed E-state index contributed by atoms with van der Waals surface area (Å²) in [6.45, 7) is 1.70. The summed E-state index contributed by atoms with van der Waals surface area (Å²) in [5, 5.41) is 5.84. The Hall–Kier alpha value is -2.79.